The predicted octanol–water partition coefficient (Wildman–Crippen LogP) is 3.40. The van der Waals surface area contributed by atoms with E-state index in [4.69, 9.17) is 4.74 Å². The van der Waals surface area contributed by atoms with E-state index in [0.717, 1.165) is 23.4 Å². The minimum atomic E-state index is -0.737. The zero-order valence-corrected chi connectivity index (χ0v) is 14.4. The van der Waals surface area contributed by atoms with Crippen molar-refractivity contribution in [1.29, 1.82) is 0 Å². The van der Waals surface area contributed by atoms with E-state index in [-0.39, 0.29) is 11.4 Å². The largest absolute Gasteiger partial charge is 0.497 e. The third-order valence-corrected chi connectivity index (χ3v) is 3.58. The highest BCUT2D eigenvalue weighted by Crippen LogP contribution is 2.25. The van der Waals surface area contributed by atoms with Crippen molar-refractivity contribution in [3.63, 3.8) is 0 Å². The predicted molar refractivity (Wildman–Crippen MR) is 94.4 cm³/mol. The number of halogens is 2. The Morgan fingerprint density at radius 2 is 1.72 bits per heavy atom. The summed E-state index contributed by atoms with van der Waals surface area (Å²) in [5, 5.41) is 5.07. The van der Waals surface area contributed by atoms with Crippen LogP contribution in [0.2, 0.25) is 0 Å². The molecule has 0 spiro atoms. The Balaban J connectivity index is 1.87. The van der Waals surface area contributed by atoms with Crippen LogP contribution in [0, 0.1) is 11.6 Å². The molecule has 2 rings (SSSR count). The number of carbonyl (C=O) groups excluding carboxylic acids is 1. The van der Waals surface area contributed by atoms with Gasteiger partial charge in [0.2, 0.25) is 0 Å². The molecular formula is C18H21F2N3O2. The van der Waals surface area contributed by atoms with Gasteiger partial charge in [0.1, 0.15) is 11.4 Å². The maximum Gasteiger partial charge on any atom is 0.319 e. The van der Waals surface area contributed by atoms with Crippen LogP contribution in [0.1, 0.15) is 5.56 Å². The Labute approximate surface area is 145 Å². The third kappa shape index (κ3) is 5.07. The Morgan fingerprint density at radius 3 is 2.24 bits per heavy atom. The molecule has 0 saturated carbocycles. The van der Waals surface area contributed by atoms with Crippen molar-refractivity contribution in [2.75, 3.05) is 38.0 Å². The molecule has 5 nitrogen and oxygen atoms in total. The molecule has 0 atom stereocenters. The van der Waals surface area contributed by atoms with Crippen LogP contribution in [0.3, 0.4) is 0 Å². The molecule has 0 aliphatic rings. The number of nitrogens with one attached hydrogen (secondary N) is 2. The van der Waals surface area contributed by atoms with Gasteiger partial charge in [-0.3, -0.25) is 0 Å². The highest BCUT2D eigenvalue weighted by molar-refractivity contribution is 5.89. The van der Waals surface area contributed by atoms with E-state index >= 15 is 0 Å². The van der Waals surface area contributed by atoms with Crippen molar-refractivity contribution in [3.05, 3.63) is 53.6 Å². The Hall–Kier alpha value is -2.83. The normalized spacial score (nSPS) is 10.3. The Bertz CT molecular complexity index is 711. The van der Waals surface area contributed by atoms with Crippen molar-refractivity contribution in [3.8, 4) is 5.75 Å². The molecular weight excluding hydrogens is 328 g/mol. The topological polar surface area (TPSA) is 53.6 Å². The van der Waals surface area contributed by atoms with E-state index in [1.165, 1.54) is 4.90 Å². The fourth-order valence-electron chi connectivity index (χ4n) is 2.35. The minimum absolute atomic E-state index is 0.0579. The number of hydrogen-bond donors (Lipinski definition) is 2. The van der Waals surface area contributed by atoms with Crippen molar-refractivity contribution in [2.45, 2.75) is 6.42 Å². The summed E-state index contributed by atoms with van der Waals surface area (Å²) in [7, 11) is 4.68. The second-order valence-electron chi connectivity index (χ2n) is 5.66. The summed E-state index contributed by atoms with van der Waals surface area (Å²) in [6.45, 7) is 0.388. The fourth-order valence-corrected chi connectivity index (χ4v) is 2.35. The molecule has 0 unspecified atom stereocenters. The number of nitrogens with zero attached hydrogens (tertiary/aromatic N) is 1. The Morgan fingerprint density at radius 1 is 1.12 bits per heavy atom. The minimum Gasteiger partial charge on any atom is -0.497 e. The lowest BCUT2D eigenvalue weighted by atomic mass is 10.1. The zero-order valence-electron chi connectivity index (χ0n) is 14.4. The maximum absolute atomic E-state index is 13.9. The molecule has 2 aromatic rings. The molecule has 2 N–H and O–H groups in total. The molecule has 0 saturated heterocycles. The first kappa shape index (κ1) is 18.5. The summed E-state index contributed by atoms with van der Waals surface area (Å²) in [5.41, 5.74) is 0.946. The molecule has 2 amide bonds. The summed E-state index contributed by atoms with van der Waals surface area (Å²) in [4.78, 5) is 13.2. The second kappa shape index (κ2) is 8.32. The van der Waals surface area contributed by atoms with Gasteiger partial charge in [-0.05, 0) is 36.2 Å². The summed E-state index contributed by atoms with van der Waals surface area (Å²) < 4.78 is 32.8. The summed E-state index contributed by atoms with van der Waals surface area (Å²) in [6, 6.07) is 9.14. The lowest BCUT2D eigenvalue weighted by molar-refractivity contribution is 0.252. The maximum atomic E-state index is 13.9. The average Bonchev–Trinajstić information content (AvgIpc) is 2.54. The third-order valence-electron chi connectivity index (χ3n) is 3.58. The van der Waals surface area contributed by atoms with E-state index in [0.29, 0.717) is 13.0 Å². The van der Waals surface area contributed by atoms with Gasteiger partial charge < -0.3 is 20.3 Å². The van der Waals surface area contributed by atoms with Gasteiger partial charge in [0, 0.05) is 26.3 Å². The number of ether oxygens (including phenoxy) is 1. The van der Waals surface area contributed by atoms with Crippen molar-refractivity contribution in [1.82, 2.24) is 5.32 Å². The molecule has 0 aromatic heterocycles. The van der Waals surface area contributed by atoms with Crippen LogP contribution in [-0.4, -0.2) is 33.8 Å². The molecule has 0 aliphatic heterocycles. The molecule has 134 valence electrons. The monoisotopic (exact) mass is 349 g/mol. The second-order valence-corrected chi connectivity index (χ2v) is 5.66. The van der Waals surface area contributed by atoms with Crippen LogP contribution in [0.15, 0.2) is 36.4 Å². The number of anilines is 2. The summed E-state index contributed by atoms with van der Waals surface area (Å²) >= 11 is 0. The number of carbonyl (C=O) groups is 1. The van der Waals surface area contributed by atoms with Crippen molar-refractivity contribution >= 4 is 17.4 Å². The Kier molecular flexibility index (Phi) is 6.16. The number of benzene rings is 2. The van der Waals surface area contributed by atoms with Gasteiger partial charge in [0.05, 0.1) is 7.11 Å². The van der Waals surface area contributed by atoms with Crippen LogP contribution in [0.25, 0.3) is 0 Å². The number of methoxy groups -OCH3 is 1. The molecule has 0 bridgehead atoms. The zero-order chi connectivity index (χ0) is 18.4. The molecule has 0 radical (unpaired) electrons. The summed E-state index contributed by atoms with van der Waals surface area (Å²) in [6.07, 6.45) is 0.625. The van der Waals surface area contributed by atoms with E-state index in [1.807, 2.05) is 24.3 Å². The number of hydrogen-bond acceptors (Lipinski definition) is 3. The first-order chi connectivity index (χ1) is 11.9. The lowest BCUT2D eigenvalue weighted by Crippen LogP contribution is -2.30. The van der Waals surface area contributed by atoms with E-state index in [2.05, 4.69) is 10.6 Å². The van der Waals surface area contributed by atoms with Crippen LogP contribution >= 0.6 is 0 Å². The first-order valence-corrected chi connectivity index (χ1v) is 7.75. The molecule has 0 fully saturated rings. The van der Waals surface area contributed by atoms with Crippen LogP contribution < -0.4 is 20.3 Å². The van der Waals surface area contributed by atoms with Gasteiger partial charge in [0.25, 0.3) is 0 Å². The molecule has 0 aliphatic carbocycles. The standard InChI is InChI=1S/C18H21F2N3O2/c1-23(2)17-15(19)10-13(11-16(17)20)22-18(24)21-9-8-12-4-6-14(25-3)7-5-12/h4-7,10-11H,8-9H2,1-3H3,(H2,21,22,24). The molecule has 2 aromatic carbocycles. The highest BCUT2D eigenvalue weighted by atomic mass is 19.1. The van der Waals surface area contributed by atoms with Crippen molar-refractivity contribution in [2.24, 2.45) is 0 Å². The SMILES string of the molecule is COc1ccc(CCNC(=O)Nc2cc(F)c(N(C)C)c(F)c2)cc1. The summed E-state index contributed by atoms with van der Waals surface area (Å²) in [5.74, 6) is -0.711. The van der Waals surface area contributed by atoms with Crippen LogP contribution in [0.4, 0.5) is 25.0 Å². The van der Waals surface area contributed by atoms with Crippen LogP contribution in [-0.2, 0) is 6.42 Å². The highest BCUT2D eigenvalue weighted by Gasteiger charge is 2.14. The number of amides is 2. The van der Waals surface area contributed by atoms with E-state index < -0.39 is 17.7 Å². The fraction of sp³-hybridized carbons (Fsp3) is 0.278. The number of urea groups is 1. The van der Waals surface area contributed by atoms with Crippen LogP contribution in [0.5, 0.6) is 5.75 Å². The van der Waals surface area contributed by atoms with Gasteiger partial charge in [0.15, 0.2) is 11.6 Å². The van der Waals surface area contributed by atoms with E-state index in [1.54, 1.807) is 21.2 Å². The van der Waals surface area contributed by atoms with Gasteiger partial charge >= 0.3 is 6.03 Å². The van der Waals surface area contributed by atoms with Crippen molar-refractivity contribution < 1.29 is 18.3 Å². The quantitative estimate of drug-likeness (QED) is 0.840. The average molecular weight is 349 g/mol. The molecule has 0 heterocycles. The molecule has 25 heavy (non-hydrogen) atoms. The van der Waals surface area contributed by atoms with E-state index in [9.17, 15) is 13.6 Å². The number of rotatable bonds is 6. The van der Waals surface area contributed by atoms with Gasteiger partial charge in [-0.15, -0.1) is 0 Å². The van der Waals surface area contributed by atoms with Gasteiger partial charge in [-0.2, -0.15) is 0 Å². The van der Waals surface area contributed by atoms with Gasteiger partial charge in [-0.1, -0.05) is 12.1 Å². The molecule has 7 heteroatoms. The smallest absolute Gasteiger partial charge is 0.319 e. The lowest BCUT2D eigenvalue weighted by Gasteiger charge is -2.16. The van der Waals surface area contributed by atoms with Gasteiger partial charge in [-0.25, -0.2) is 13.6 Å². The first-order valence-electron chi connectivity index (χ1n) is 7.75.